The molecular weight excluding hydrogens is 336 g/mol. The molecule has 0 saturated carbocycles. The molecule has 2 amide bonds. The molecular formula is C14H11ClN6O3. The molecule has 0 aliphatic carbocycles. The summed E-state index contributed by atoms with van der Waals surface area (Å²) >= 11 is 5.83. The molecule has 2 heterocycles. The highest BCUT2D eigenvalue weighted by Crippen LogP contribution is 2.24. The number of benzene rings is 1. The minimum absolute atomic E-state index is 0.0206. The van der Waals surface area contributed by atoms with Gasteiger partial charge >= 0.3 is 0 Å². The maximum absolute atomic E-state index is 12.1. The van der Waals surface area contributed by atoms with Gasteiger partial charge in [-0.2, -0.15) is 0 Å². The summed E-state index contributed by atoms with van der Waals surface area (Å²) in [5, 5.41) is 14.2. The summed E-state index contributed by atoms with van der Waals surface area (Å²) in [5.41, 5.74) is 5.83. The van der Waals surface area contributed by atoms with Crippen LogP contribution in [0.2, 0.25) is 5.02 Å². The van der Waals surface area contributed by atoms with Crippen LogP contribution in [0.5, 0.6) is 0 Å². The van der Waals surface area contributed by atoms with E-state index in [2.05, 4.69) is 20.8 Å². The van der Waals surface area contributed by atoms with Crippen LogP contribution in [0.15, 0.2) is 41.1 Å². The SMILES string of the molecule is NC(=O)Cn1cc(C(=O)Nc2cc(-c3ccc(Cl)cc3)on2)nn1. The van der Waals surface area contributed by atoms with Crippen molar-refractivity contribution in [3.05, 3.63) is 47.2 Å². The molecule has 0 spiro atoms. The van der Waals surface area contributed by atoms with Crippen molar-refractivity contribution in [1.29, 1.82) is 0 Å². The third kappa shape index (κ3) is 3.58. The van der Waals surface area contributed by atoms with Crippen molar-refractivity contribution in [3.8, 4) is 11.3 Å². The van der Waals surface area contributed by atoms with Gasteiger partial charge in [-0.15, -0.1) is 5.10 Å². The van der Waals surface area contributed by atoms with Gasteiger partial charge in [0, 0.05) is 16.7 Å². The van der Waals surface area contributed by atoms with E-state index in [0.29, 0.717) is 10.8 Å². The van der Waals surface area contributed by atoms with E-state index in [1.165, 1.54) is 10.9 Å². The van der Waals surface area contributed by atoms with Crippen molar-refractivity contribution in [2.75, 3.05) is 5.32 Å². The van der Waals surface area contributed by atoms with Crippen LogP contribution in [-0.4, -0.2) is 32.0 Å². The lowest BCUT2D eigenvalue weighted by molar-refractivity contribution is -0.118. The largest absolute Gasteiger partial charge is 0.368 e. The molecule has 0 radical (unpaired) electrons. The number of halogens is 1. The molecule has 10 heteroatoms. The maximum Gasteiger partial charge on any atom is 0.279 e. The molecule has 2 aromatic heterocycles. The first kappa shape index (κ1) is 15.7. The van der Waals surface area contributed by atoms with Crippen LogP contribution in [0.4, 0.5) is 5.82 Å². The Hall–Kier alpha value is -3.20. The number of carbonyl (C=O) groups excluding carboxylic acids is 2. The van der Waals surface area contributed by atoms with Gasteiger partial charge in [0.05, 0.1) is 6.20 Å². The Labute approximate surface area is 140 Å². The molecule has 0 aliphatic heterocycles. The van der Waals surface area contributed by atoms with Crippen molar-refractivity contribution in [2.24, 2.45) is 5.73 Å². The number of carbonyl (C=O) groups is 2. The van der Waals surface area contributed by atoms with E-state index < -0.39 is 11.8 Å². The maximum atomic E-state index is 12.1. The topological polar surface area (TPSA) is 129 Å². The van der Waals surface area contributed by atoms with Crippen LogP contribution < -0.4 is 11.1 Å². The first-order chi connectivity index (χ1) is 11.5. The van der Waals surface area contributed by atoms with Gasteiger partial charge in [0.2, 0.25) is 5.91 Å². The van der Waals surface area contributed by atoms with Gasteiger partial charge in [0.15, 0.2) is 17.3 Å². The van der Waals surface area contributed by atoms with E-state index >= 15 is 0 Å². The van der Waals surface area contributed by atoms with Gasteiger partial charge < -0.3 is 15.6 Å². The van der Waals surface area contributed by atoms with Gasteiger partial charge in [0.25, 0.3) is 5.91 Å². The van der Waals surface area contributed by atoms with Gasteiger partial charge in [0.1, 0.15) is 6.54 Å². The fourth-order valence-corrected chi connectivity index (χ4v) is 2.03. The van der Waals surface area contributed by atoms with Crippen molar-refractivity contribution in [2.45, 2.75) is 6.54 Å². The second kappa shape index (κ2) is 6.50. The highest BCUT2D eigenvalue weighted by molar-refractivity contribution is 6.30. The van der Waals surface area contributed by atoms with Crippen molar-refractivity contribution in [3.63, 3.8) is 0 Å². The highest BCUT2D eigenvalue weighted by Gasteiger charge is 2.15. The minimum atomic E-state index is -0.587. The number of aromatic nitrogens is 4. The molecule has 9 nitrogen and oxygen atoms in total. The summed E-state index contributed by atoms with van der Waals surface area (Å²) < 4.78 is 6.34. The quantitative estimate of drug-likeness (QED) is 0.716. The fourth-order valence-electron chi connectivity index (χ4n) is 1.90. The first-order valence-electron chi connectivity index (χ1n) is 6.74. The summed E-state index contributed by atoms with van der Waals surface area (Å²) in [7, 11) is 0. The molecule has 0 atom stereocenters. The standard InChI is InChI=1S/C14H11ClN6O3/c15-9-3-1-8(2-4-9)11-5-13(19-24-11)17-14(23)10-6-21(20-18-10)7-12(16)22/h1-6H,7H2,(H2,16,22)(H,17,19,23). The molecule has 0 fully saturated rings. The van der Waals surface area contributed by atoms with Crippen molar-refractivity contribution in [1.82, 2.24) is 20.2 Å². The van der Waals surface area contributed by atoms with Gasteiger partial charge in [-0.25, -0.2) is 4.68 Å². The number of amides is 2. The monoisotopic (exact) mass is 346 g/mol. The second-order valence-electron chi connectivity index (χ2n) is 4.81. The lowest BCUT2D eigenvalue weighted by Gasteiger charge is -1.96. The summed E-state index contributed by atoms with van der Waals surface area (Å²) in [6.45, 7) is -0.162. The predicted molar refractivity (Wildman–Crippen MR) is 84.1 cm³/mol. The highest BCUT2D eigenvalue weighted by atomic mass is 35.5. The van der Waals surface area contributed by atoms with E-state index in [4.69, 9.17) is 21.9 Å². The zero-order valence-corrected chi connectivity index (χ0v) is 12.9. The van der Waals surface area contributed by atoms with E-state index in [0.717, 1.165) is 5.56 Å². The van der Waals surface area contributed by atoms with Crippen LogP contribution >= 0.6 is 11.6 Å². The summed E-state index contributed by atoms with van der Waals surface area (Å²) in [5.74, 6) is -0.439. The summed E-state index contributed by atoms with van der Waals surface area (Å²) in [6.07, 6.45) is 1.31. The summed E-state index contributed by atoms with van der Waals surface area (Å²) in [6, 6.07) is 8.53. The minimum Gasteiger partial charge on any atom is -0.368 e. The Bertz CT molecular complexity index is 886. The number of nitrogens with one attached hydrogen (secondary N) is 1. The number of rotatable bonds is 5. The molecule has 0 aliphatic rings. The summed E-state index contributed by atoms with van der Waals surface area (Å²) in [4.78, 5) is 22.9. The van der Waals surface area contributed by atoms with Gasteiger partial charge in [-0.3, -0.25) is 9.59 Å². The average Bonchev–Trinajstić information content (AvgIpc) is 3.17. The zero-order chi connectivity index (χ0) is 17.1. The van der Waals surface area contributed by atoms with E-state index in [1.807, 2.05) is 0 Å². The molecule has 0 bridgehead atoms. The van der Waals surface area contributed by atoms with Crippen LogP contribution in [0.1, 0.15) is 10.5 Å². The smallest absolute Gasteiger partial charge is 0.279 e. The number of primary amides is 1. The second-order valence-corrected chi connectivity index (χ2v) is 5.24. The van der Waals surface area contributed by atoms with Crippen LogP contribution in [-0.2, 0) is 11.3 Å². The third-order valence-electron chi connectivity index (χ3n) is 2.97. The van der Waals surface area contributed by atoms with Crippen LogP contribution in [0, 0.1) is 0 Å². The number of hydrogen-bond donors (Lipinski definition) is 2. The molecule has 0 saturated heterocycles. The van der Waals surface area contributed by atoms with Gasteiger partial charge in [-0.05, 0) is 24.3 Å². The predicted octanol–water partition coefficient (Wildman–Crippen LogP) is 1.32. The Balaban J connectivity index is 1.70. The number of nitrogens with two attached hydrogens (primary N) is 1. The van der Waals surface area contributed by atoms with Gasteiger partial charge in [-0.1, -0.05) is 22.0 Å². The third-order valence-corrected chi connectivity index (χ3v) is 3.22. The molecule has 1 aromatic carbocycles. The molecule has 3 rings (SSSR count). The molecule has 122 valence electrons. The normalized spacial score (nSPS) is 10.5. The Morgan fingerprint density at radius 3 is 2.75 bits per heavy atom. The lowest BCUT2D eigenvalue weighted by atomic mass is 10.2. The number of nitrogens with zero attached hydrogens (tertiary/aromatic N) is 4. The fraction of sp³-hybridized carbons (Fsp3) is 0.0714. The number of anilines is 1. The van der Waals surface area contributed by atoms with E-state index in [9.17, 15) is 9.59 Å². The van der Waals surface area contributed by atoms with E-state index in [1.54, 1.807) is 30.3 Å². The lowest BCUT2D eigenvalue weighted by Crippen LogP contribution is -2.19. The molecule has 3 N–H and O–H groups in total. The molecule has 3 aromatic rings. The van der Waals surface area contributed by atoms with E-state index in [-0.39, 0.29) is 18.1 Å². The Kier molecular flexibility index (Phi) is 4.25. The Morgan fingerprint density at radius 1 is 1.29 bits per heavy atom. The average molecular weight is 347 g/mol. The molecule has 0 unspecified atom stereocenters. The van der Waals surface area contributed by atoms with Crippen LogP contribution in [0.25, 0.3) is 11.3 Å². The number of hydrogen-bond acceptors (Lipinski definition) is 6. The Morgan fingerprint density at radius 2 is 2.04 bits per heavy atom. The van der Waals surface area contributed by atoms with Crippen LogP contribution in [0.3, 0.4) is 0 Å². The first-order valence-corrected chi connectivity index (χ1v) is 7.11. The molecule has 24 heavy (non-hydrogen) atoms. The zero-order valence-electron chi connectivity index (χ0n) is 12.1. The van der Waals surface area contributed by atoms with Crippen molar-refractivity contribution < 1.29 is 14.1 Å². The van der Waals surface area contributed by atoms with Crippen molar-refractivity contribution >= 4 is 29.2 Å².